The van der Waals surface area contributed by atoms with E-state index in [2.05, 4.69) is 5.32 Å². The van der Waals surface area contributed by atoms with Gasteiger partial charge in [0.15, 0.2) is 0 Å². The molecule has 0 aliphatic rings. The Balaban J connectivity index is 4.31. The first-order valence-electron chi connectivity index (χ1n) is 5.55. The molecule has 1 N–H and O–H groups in total. The van der Waals surface area contributed by atoms with Crippen LogP contribution in [0.25, 0.3) is 0 Å². The van der Waals surface area contributed by atoms with E-state index in [1.54, 1.807) is 25.9 Å². The van der Waals surface area contributed by atoms with Crippen molar-refractivity contribution >= 4 is 18.2 Å². The zero-order valence-corrected chi connectivity index (χ0v) is 10.6. The second-order valence-electron chi connectivity index (χ2n) is 3.85. The minimum atomic E-state index is -0.743. The van der Waals surface area contributed by atoms with E-state index >= 15 is 0 Å². The number of rotatable bonds is 8. The van der Waals surface area contributed by atoms with Crippen LogP contribution in [0.1, 0.15) is 19.8 Å². The van der Waals surface area contributed by atoms with E-state index in [9.17, 15) is 14.4 Å². The summed E-state index contributed by atoms with van der Waals surface area (Å²) in [5.74, 6) is -0.764. The molecule has 0 fully saturated rings. The molecule has 0 aromatic rings. The maximum Gasteiger partial charge on any atom is 0.328 e. The lowest BCUT2D eigenvalue weighted by molar-refractivity contribution is -0.147. The lowest BCUT2D eigenvalue weighted by atomic mass is 10.1. The van der Waals surface area contributed by atoms with E-state index in [1.165, 1.54) is 0 Å². The quantitative estimate of drug-likeness (QED) is 0.463. The standard InChI is InChI=1S/C11H20N2O4/c1-4-17-11(16)9(6-5-7-14)12-10(15)8-13(2)3/h7,9H,4-6,8H2,1-3H3,(H,12,15). The zero-order valence-electron chi connectivity index (χ0n) is 10.6. The third-order valence-electron chi connectivity index (χ3n) is 1.94. The Morgan fingerprint density at radius 2 is 2.06 bits per heavy atom. The highest BCUT2D eigenvalue weighted by Crippen LogP contribution is 1.99. The van der Waals surface area contributed by atoms with Crippen LogP contribution in [0.3, 0.4) is 0 Å². The van der Waals surface area contributed by atoms with Crippen LogP contribution in [0.5, 0.6) is 0 Å². The number of ether oxygens (including phenoxy) is 1. The van der Waals surface area contributed by atoms with Crippen molar-refractivity contribution in [2.75, 3.05) is 27.2 Å². The lowest BCUT2D eigenvalue weighted by Gasteiger charge is -2.17. The van der Waals surface area contributed by atoms with Gasteiger partial charge in [0, 0.05) is 6.42 Å². The molecule has 1 amide bonds. The van der Waals surface area contributed by atoms with Gasteiger partial charge in [-0.25, -0.2) is 4.79 Å². The van der Waals surface area contributed by atoms with Crippen molar-refractivity contribution in [3.8, 4) is 0 Å². The molecule has 6 nitrogen and oxygen atoms in total. The Labute approximate surface area is 101 Å². The van der Waals surface area contributed by atoms with Crippen molar-refractivity contribution in [3.63, 3.8) is 0 Å². The number of aldehydes is 1. The van der Waals surface area contributed by atoms with Gasteiger partial charge in [-0.1, -0.05) is 0 Å². The van der Waals surface area contributed by atoms with E-state index in [1.807, 2.05) is 0 Å². The number of likely N-dealkylation sites (N-methyl/N-ethyl adjacent to an activating group) is 1. The van der Waals surface area contributed by atoms with Gasteiger partial charge >= 0.3 is 5.97 Å². The van der Waals surface area contributed by atoms with Gasteiger partial charge in [-0.15, -0.1) is 0 Å². The van der Waals surface area contributed by atoms with Crippen LogP contribution in [0, 0.1) is 0 Å². The fourth-order valence-corrected chi connectivity index (χ4v) is 1.25. The van der Waals surface area contributed by atoms with Crippen LogP contribution in [-0.4, -0.2) is 56.4 Å². The first-order valence-corrected chi connectivity index (χ1v) is 5.55. The third-order valence-corrected chi connectivity index (χ3v) is 1.94. The first-order chi connectivity index (χ1) is 8.01. The summed E-state index contributed by atoms with van der Waals surface area (Å²) in [6.45, 7) is 2.13. The number of nitrogens with one attached hydrogen (secondary N) is 1. The highest BCUT2D eigenvalue weighted by atomic mass is 16.5. The molecule has 6 heteroatoms. The third kappa shape index (κ3) is 7.46. The van der Waals surface area contributed by atoms with Gasteiger partial charge in [0.25, 0.3) is 0 Å². The van der Waals surface area contributed by atoms with Crippen LogP contribution in [0.15, 0.2) is 0 Å². The molecule has 0 heterocycles. The average Bonchev–Trinajstić information content (AvgIpc) is 2.23. The molecule has 0 aliphatic carbocycles. The van der Waals surface area contributed by atoms with Crippen molar-refractivity contribution in [1.82, 2.24) is 10.2 Å². The van der Waals surface area contributed by atoms with Gasteiger partial charge in [-0.3, -0.25) is 4.79 Å². The number of nitrogens with zero attached hydrogens (tertiary/aromatic N) is 1. The summed E-state index contributed by atoms with van der Waals surface area (Å²) in [5.41, 5.74) is 0. The minimum Gasteiger partial charge on any atom is -0.464 e. The van der Waals surface area contributed by atoms with Crippen LogP contribution in [0.4, 0.5) is 0 Å². The maximum absolute atomic E-state index is 11.5. The predicted octanol–water partition coefficient (Wildman–Crippen LogP) is -0.425. The molecular weight excluding hydrogens is 224 g/mol. The Morgan fingerprint density at radius 1 is 1.41 bits per heavy atom. The Morgan fingerprint density at radius 3 is 2.53 bits per heavy atom. The Bertz CT molecular complexity index is 266. The van der Waals surface area contributed by atoms with Crippen molar-refractivity contribution in [1.29, 1.82) is 0 Å². The summed E-state index contributed by atoms with van der Waals surface area (Å²) >= 11 is 0. The number of hydrogen-bond donors (Lipinski definition) is 1. The van der Waals surface area contributed by atoms with Crippen LogP contribution in [-0.2, 0) is 19.1 Å². The molecular formula is C11H20N2O4. The van der Waals surface area contributed by atoms with Crippen LogP contribution >= 0.6 is 0 Å². The summed E-state index contributed by atoms with van der Waals surface area (Å²) < 4.78 is 4.82. The SMILES string of the molecule is CCOC(=O)C(CCC=O)NC(=O)CN(C)C. The molecule has 0 saturated carbocycles. The van der Waals surface area contributed by atoms with Crippen LogP contribution < -0.4 is 5.32 Å². The molecule has 0 rings (SSSR count). The Hall–Kier alpha value is -1.43. The van der Waals surface area contributed by atoms with Gasteiger partial charge < -0.3 is 19.7 Å². The fourth-order valence-electron chi connectivity index (χ4n) is 1.25. The second kappa shape index (κ2) is 8.69. The maximum atomic E-state index is 11.5. The van der Waals surface area contributed by atoms with Gasteiger partial charge in [0.05, 0.1) is 13.2 Å². The highest BCUT2D eigenvalue weighted by Gasteiger charge is 2.21. The zero-order chi connectivity index (χ0) is 13.3. The molecule has 98 valence electrons. The topological polar surface area (TPSA) is 75.7 Å². The van der Waals surface area contributed by atoms with E-state index in [0.717, 1.165) is 0 Å². The van der Waals surface area contributed by atoms with Crippen molar-refractivity contribution < 1.29 is 19.1 Å². The van der Waals surface area contributed by atoms with Crippen molar-refractivity contribution in [2.24, 2.45) is 0 Å². The van der Waals surface area contributed by atoms with Gasteiger partial charge in [0.1, 0.15) is 12.3 Å². The molecule has 0 aromatic heterocycles. The van der Waals surface area contributed by atoms with E-state index in [-0.39, 0.29) is 31.9 Å². The first kappa shape index (κ1) is 15.6. The predicted molar refractivity (Wildman–Crippen MR) is 62.4 cm³/mol. The summed E-state index contributed by atoms with van der Waals surface area (Å²) in [4.78, 5) is 35.0. The van der Waals surface area contributed by atoms with E-state index in [0.29, 0.717) is 6.29 Å². The monoisotopic (exact) mass is 244 g/mol. The molecule has 0 radical (unpaired) electrons. The molecule has 0 spiro atoms. The number of carbonyl (C=O) groups excluding carboxylic acids is 3. The van der Waals surface area contributed by atoms with Gasteiger partial charge in [0.2, 0.25) is 5.91 Å². The summed E-state index contributed by atoms with van der Waals surface area (Å²) in [6, 6.07) is -0.743. The molecule has 0 aromatic carbocycles. The number of hydrogen-bond acceptors (Lipinski definition) is 5. The summed E-state index contributed by atoms with van der Waals surface area (Å²) in [6.07, 6.45) is 1.19. The largest absolute Gasteiger partial charge is 0.464 e. The van der Waals surface area contributed by atoms with Crippen molar-refractivity contribution in [3.05, 3.63) is 0 Å². The van der Waals surface area contributed by atoms with Gasteiger partial charge in [-0.2, -0.15) is 0 Å². The smallest absolute Gasteiger partial charge is 0.328 e. The number of carbonyl (C=O) groups is 3. The summed E-state index contributed by atoms with van der Waals surface area (Å²) in [5, 5.41) is 2.55. The average molecular weight is 244 g/mol. The fraction of sp³-hybridized carbons (Fsp3) is 0.727. The van der Waals surface area contributed by atoms with Gasteiger partial charge in [-0.05, 0) is 27.4 Å². The number of amides is 1. The normalized spacial score (nSPS) is 12.0. The molecule has 0 bridgehead atoms. The minimum absolute atomic E-state index is 0.191. The van der Waals surface area contributed by atoms with Crippen molar-refractivity contribution in [2.45, 2.75) is 25.8 Å². The molecule has 0 aliphatic heterocycles. The molecule has 1 unspecified atom stereocenters. The molecule has 17 heavy (non-hydrogen) atoms. The number of esters is 1. The molecule has 0 saturated heterocycles. The summed E-state index contributed by atoms with van der Waals surface area (Å²) in [7, 11) is 3.51. The van der Waals surface area contributed by atoms with Crippen LogP contribution in [0.2, 0.25) is 0 Å². The molecule has 1 atom stereocenters. The van der Waals surface area contributed by atoms with E-state index < -0.39 is 12.0 Å². The highest BCUT2D eigenvalue weighted by molar-refractivity contribution is 5.85. The lowest BCUT2D eigenvalue weighted by Crippen LogP contribution is -2.45. The Kier molecular flexibility index (Phi) is 7.96. The second-order valence-corrected chi connectivity index (χ2v) is 3.85. The van der Waals surface area contributed by atoms with E-state index in [4.69, 9.17) is 4.74 Å².